The Hall–Kier alpha value is 0.250. The third kappa shape index (κ3) is 10.0. The van der Waals surface area contributed by atoms with Crippen LogP contribution in [0.4, 0.5) is 0 Å². The van der Waals surface area contributed by atoms with Crippen molar-refractivity contribution in [2.45, 2.75) is 118 Å². The van der Waals surface area contributed by atoms with Crippen molar-refractivity contribution >= 4 is 37.8 Å². The summed E-state index contributed by atoms with van der Waals surface area (Å²) in [5.41, 5.74) is 1.94. The maximum atomic E-state index is 14.3. The summed E-state index contributed by atoms with van der Waals surface area (Å²) in [6.07, 6.45) is -1.42. The van der Waals surface area contributed by atoms with E-state index in [2.05, 4.69) is 55.5 Å². The summed E-state index contributed by atoms with van der Waals surface area (Å²) in [6.45, 7) is 20.7. The van der Waals surface area contributed by atoms with Gasteiger partial charge in [0.2, 0.25) is 0 Å². The van der Waals surface area contributed by atoms with Crippen molar-refractivity contribution in [2.75, 3.05) is 0 Å². The lowest BCUT2D eigenvalue weighted by atomic mass is 9.86. The van der Waals surface area contributed by atoms with Gasteiger partial charge in [-0.25, -0.2) is 0 Å². The Bertz CT molecular complexity index is 795. The summed E-state index contributed by atoms with van der Waals surface area (Å²) in [5, 5.41) is -1.11. The normalized spacial score (nSPS) is 13.8. The standard InChI is InChI=1S/C24H43IO6P2/c1-16(2)28-32(26,29-17(3)4)23(33(27,30-18(5)6)31-19(7)8)14-20-12-21(24(9,10)11)15-22(25)13-20/h12-13,15-19,23H,14H2,1-11H3. The van der Waals surface area contributed by atoms with E-state index in [1.165, 1.54) is 0 Å². The van der Waals surface area contributed by atoms with E-state index in [0.29, 0.717) is 0 Å². The smallest absolute Gasteiger partial charge is 0.305 e. The van der Waals surface area contributed by atoms with Crippen molar-refractivity contribution in [3.63, 3.8) is 0 Å². The van der Waals surface area contributed by atoms with Crippen molar-refractivity contribution < 1.29 is 27.2 Å². The van der Waals surface area contributed by atoms with Crippen LogP contribution in [0.15, 0.2) is 18.2 Å². The van der Waals surface area contributed by atoms with Gasteiger partial charge in [0.1, 0.15) is 0 Å². The molecule has 9 heteroatoms. The Kier molecular flexibility index (Phi) is 11.8. The highest BCUT2D eigenvalue weighted by molar-refractivity contribution is 14.1. The molecule has 0 aliphatic carbocycles. The van der Waals surface area contributed by atoms with Crippen LogP contribution in [0.1, 0.15) is 87.3 Å². The Morgan fingerprint density at radius 3 is 1.39 bits per heavy atom. The predicted octanol–water partition coefficient (Wildman–Crippen LogP) is 8.54. The summed E-state index contributed by atoms with van der Waals surface area (Å²) in [4.78, 5) is 0. The largest absolute Gasteiger partial charge is 0.346 e. The lowest BCUT2D eigenvalue weighted by molar-refractivity contribution is 0.122. The summed E-state index contributed by atoms with van der Waals surface area (Å²) in [7, 11) is -7.86. The lowest BCUT2D eigenvalue weighted by Gasteiger charge is -2.35. The molecule has 0 heterocycles. The predicted molar refractivity (Wildman–Crippen MR) is 145 cm³/mol. The topological polar surface area (TPSA) is 71.1 Å². The van der Waals surface area contributed by atoms with E-state index >= 15 is 0 Å². The molecule has 0 aliphatic heterocycles. The fraction of sp³-hybridized carbons (Fsp3) is 0.750. The summed E-state index contributed by atoms with van der Waals surface area (Å²) >= 11 is 2.28. The first-order valence-electron chi connectivity index (χ1n) is 11.6. The van der Waals surface area contributed by atoms with Gasteiger partial charge in [-0.2, -0.15) is 0 Å². The molecule has 1 aromatic rings. The molecular formula is C24H43IO6P2. The monoisotopic (exact) mass is 616 g/mol. The maximum absolute atomic E-state index is 14.3. The molecule has 192 valence electrons. The zero-order valence-corrected chi connectivity index (χ0v) is 26.0. The van der Waals surface area contributed by atoms with E-state index in [0.717, 1.165) is 14.7 Å². The number of hydrogen-bond acceptors (Lipinski definition) is 6. The van der Waals surface area contributed by atoms with E-state index < -0.39 is 45.0 Å². The molecule has 0 atom stereocenters. The van der Waals surface area contributed by atoms with Crippen molar-refractivity contribution in [3.8, 4) is 0 Å². The molecule has 0 fully saturated rings. The van der Waals surface area contributed by atoms with Crippen molar-refractivity contribution in [1.29, 1.82) is 0 Å². The van der Waals surface area contributed by atoms with Gasteiger partial charge >= 0.3 is 15.2 Å². The minimum absolute atomic E-state index is 0.0788. The first kappa shape index (κ1) is 31.3. The molecule has 0 aliphatic rings. The van der Waals surface area contributed by atoms with Crippen LogP contribution in [0, 0.1) is 3.57 Å². The van der Waals surface area contributed by atoms with Gasteiger partial charge in [-0.3, -0.25) is 9.13 Å². The molecule has 0 bridgehead atoms. The highest BCUT2D eigenvalue weighted by Gasteiger charge is 2.52. The van der Waals surface area contributed by atoms with E-state index in [1.807, 2.05) is 6.07 Å². The van der Waals surface area contributed by atoms with E-state index in [4.69, 9.17) is 18.1 Å². The van der Waals surface area contributed by atoms with Gasteiger partial charge in [0, 0.05) is 3.57 Å². The zero-order valence-electron chi connectivity index (χ0n) is 22.0. The van der Waals surface area contributed by atoms with E-state index in [-0.39, 0.29) is 11.8 Å². The molecule has 33 heavy (non-hydrogen) atoms. The van der Waals surface area contributed by atoms with Gasteiger partial charge in [-0.15, -0.1) is 0 Å². The van der Waals surface area contributed by atoms with Crippen LogP contribution in [-0.4, -0.2) is 29.8 Å². The van der Waals surface area contributed by atoms with Gasteiger partial charge in [0.15, 0.2) is 5.40 Å². The van der Waals surface area contributed by atoms with Gasteiger partial charge < -0.3 is 18.1 Å². The lowest BCUT2D eigenvalue weighted by Crippen LogP contribution is -2.25. The fourth-order valence-corrected chi connectivity index (χ4v) is 9.97. The molecule has 0 saturated heterocycles. The summed E-state index contributed by atoms with van der Waals surface area (Å²) in [6, 6.07) is 6.20. The summed E-state index contributed by atoms with van der Waals surface area (Å²) < 4.78 is 53.4. The Labute approximate surface area is 215 Å². The van der Waals surface area contributed by atoms with Crippen molar-refractivity contribution in [3.05, 3.63) is 32.9 Å². The zero-order chi connectivity index (χ0) is 25.8. The van der Waals surface area contributed by atoms with Crippen LogP contribution in [0.25, 0.3) is 0 Å². The molecule has 0 spiro atoms. The van der Waals surface area contributed by atoms with Crippen LogP contribution in [-0.2, 0) is 39.1 Å². The Morgan fingerprint density at radius 1 is 0.727 bits per heavy atom. The first-order chi connectivity index (χ1) is 14.9. The molecule has 0 aromatic heterocycles. The van der Waals surface area contributed by atoms with Crippen LogP contribution >= 0.6 is 37.8 Å². The number of hydrogen-bond donors (Lipinski definition) is 0. The fourth-order valence-electron chi connectivity index (χ4n) is 3.31. The molecule has 1 rings (SSSR count). The van der Waals surface area contributed by atoms with Crippen LogP contribution in [0.5, 0.6) is 0 Å². The third-order valence-electron chi connectivity index (χ3n) is 4.40. The van der Waals surface area contributed by atoms with Gasteiger partial charge in [-0.1, -0.05) is 26.8 Å². The molecule has 0 radical (unpaired) electrons. The molecule has 0 N–H and O–H groups in total. The highest BCUT2D eigenvalue weighted by atomic mass is 127. The third-order valence-corrected chi connectivity index (χ3v) is 11.4. The Balaban J connectivity index is 3.76. The average molecular weight is 616 g/mol. The molecule has 0 saturated carbocycles. The second-order valence-corrected chi connectivity index (χ2v) is 16.4. The average Bonchev–Trinajstić information content (AvgIpc) is 2.55. The Morgan fingerprint density at radius 2 is 1.09 bits per heavy atom. The van der Waals surface area contributed by atoms with Gasteiger partial charge in [-0.05, 0) is 113 Å². The second kappa shape index (κ2) is 12.5. The van der Waals surface area contributed by atoms with Crippen LogP contribution < -0.4 is 0 Å². The molecular weight excluding hydrogens is 573 g/mol. The molecule has 0 unspecified atom stereocenters. The maximum Gasteiger partial charge on any atom is 0.346 e. The molecule has 1 aromatic carbocycles. The minimum atomic E-state index is -3.93. The molecule has 6 nitrogen and oxygen atoms in total. The SMILES string of the molecule is CC(C)OP(=O)(OC(C)C)C(Cc1cc(I)cc(C(C)(C)C)c1)P(=O)(OC(C)C)OC(C)C. The number of rotatable bonds is 12. The second-order valence-electron chi connectivity index (χ2n) is 10.5. The quantitative estimate of drug-likeness (QED) is 0.173. The first-order valence-corrected chi connectivity index (χ1v) is 15.9. The van der Waals surface area contributed by atoms with E-state index in [9.17, 15) is 9.13 Å². The molecule has 0 amide bonds. The van der Waals surface area contributed by atoms with E-state index in [1.54, 1.807) is 55.4 Å². The van der Waals surface area contributed by atoms with Crippen LogP contribution in [0.3, 0.4) is 0 Å². The van der Waals surface area contributed by atoms with Gasteiger partial charge in [0.05, 0.1) is 24.4 Å². The van der Waals surface area contributed by atoms with Crippen molar-refractivity contribution in [2.24, 2.45) is 0 Å². The summed E-state index contributed by atoms with van der Waals surface area (Å²) in [5.74, 6) is 0. The minimum Gasteiger partial charge on any atom is -0.305 e. The number of halogens is 1. The van der Waals surface area contributed by atoms with Crippen molar-refractivity contribution in [1.82, 2.24) is 0 Å². The van der Waals surface area contributed by atoms with Crippen LogP contribution in [0.2, 0.25) is 0 Å². The number of benzene rings is 1. The van der Waals surface area contributed by atoms with Gasteiger partial charge in [0.25, 0.3) is 0 Å². The highest BCUT2D eigenvalue weighted by Crippen LogP contribution is 2.72.